The molecule has 0 spiro atoms. The van der Waals surface area contributed by atoms with Crippen molar-refractivity contribution in [3.8, 4) is 0 Å². The van der Waals surface area contributed by atoms with E-state index in [-0.39, 0.29) is 11.8 Å². The molecule has 2 aromatic heterocycles. The zero-order valence-electron chi connectivity index (χ0n) is 16.3. The Morgan fingerprint density at radius 1 is 1.34 bits per heavy atom. The number of benzene rings is 1. The molecular weight excluding hydrogens is 406 g/mol. The van der Waals surface area contributed by atoms with Crippen LogP contribution < -0.4 is 4.90 Å². The van der Waals surface area contributed by atoms with Gasteiger partial charge in [0.2, 0.25) is 11.0 Å². The summed E-state index contributed by atoms with van der Waals surface area (Å²) in [6.45, 7) is 4.08. The van der Waals surface area contributed by atoms with Crippen LogP contribution in [-0.4, -0.2) is 44.7 Å². The van der Waals surface area contributed by atoms with Gasteiger partial charge in [0.15, 0.2) is 15.4 Å². The molecule has 2 fully saturated rings. The lowest BCUT2D eigenvalue weighted by Crippen LogP contribution is -2.36. The second kappa shape index (κ2) is 7.62. The van der Waals surface area contributed by atoms with E-state index in [0.29, 0.717) is 16.7 Å². The molecule has 29 heavy (non-hydrogen) atoms. The molecule has 2 aliphatic rings. The lowest BCUT2D eigenvalue weighted by molar-refractivity contribution is -0.116. The van der Waals surface area contributed by atoms with Gasteiger partial charge in [-0.05, 0) is 56.6 Å². The van der Waals surface area contributed by atoms with E-state index in [4.69, 9.17) is 21.6 Å². The van der Waals surface area contributed by atoms with Crippen LogP contribution >= 0.6 is 23.6 Å². The van der Waals surface area contributed by atoms with Crippen LogP contribution in [0.3, 0.4) is 0 Å². The molecule has 1 atom stereocenters. The number of amides is 1. The number of piperidine rings is 1. The molecule has 0 radical (unpaired) electrons. The van der Waals surface area contributed by atoms with Crippen molar-refractivity contribution in [2.75, 3.05) is 18.0 Å². The predicted octanol–water partition coefficient (Wildman–Crippen LogP) is 4.17. The van der Waals surface area contributed by atoms with Gasteiger partial charge in [-0.3, -0.25) is 14.6 Å². The number of para-hydroxylation sites is 2. The highest BCUT2D eigenvalue weighted by atomic mass is 32.1. The summed E-state index contributed by atoms with van der Waals surface area (Å²) in [4.78, 5) is 20.9. The number of likely N-dealkylation sites (tertiary alicyclic amines) is 1. The molecule has 0 bridgehead atoms. The van der Waals surface area contributed by atoms with Crippen LogP contribution in [0.15, 0.2) is 28.7 Å². The van der Waals surface area contributed by atoms with Crippen molar-refractivity contribution in [3.05, 3.63) is 34.1 Å². The summed E-state index contributed by atoms with van der Waals surface area (Å²) < 4.78 is 8.56. The Morgan fingerprint density at radius 3 is 2.93 bits per heavy atom. The van der Waals surface area contributed by atoms with Crippen LogP contribution in [0, 0.1) is 3.95 Å². The fraction of sp³-hybridized carbons (Fsp3) is 0.500. The molecule has 152 valence electrons. The first-order chi connectivity index (χ1) is 14.1. The van der Waals surface area contributed by atoms with Crippen LogP contribution in [-0.2, 0) is 11.5 Å². The average molecular weight is 430 g/mol. The second-order valence-corrected chi connectivity index (χ2v) is 9.45. The summed E-state index contributed by atoms with van der Waals surface area (Å²) in [6, 6.07) is 8.19. The quantitative estimate of drug-likeness (QED) is 0.567. The topological polar surface area (TPSA) is 67.4 Å². The summed E-state index contributed by atoms with van der Waals surface area (Å²) in [5.74, 6) is 1.12. The number of hydrogen-bond acceptors (Lipinski definition) is 7. The van der Waals surface area contributed by atoms with Crippen molar-refractivity contribution >= 4 is 45.7 Å². The molecule has 5 rings (SSSR count). The molecule has 1 amide bonds. The fourth-order valence-corrected chi connectivity index (χ4v) is 5.20. The van der Waals surface area contributed by atoms with Gasteiger partial charge >= 0.3 is 0 Å². The van der Waals surface area contributed by atoms with Gasteiger partial charge in [-0.1, -0.05) is 23.5 Å². The first kappa shape index (κ1) is 18.9. The van der Waals surface area contributed by atoms with Crippen molar-refractivity contribution in [1.82, 2.24) is 19.7 Å². The Bertz CT molecular complexity index is 1070. The van der Waals surface area contributed by atoms with E-state index in [1.54, 1.807) is 11.8 Å². The number of oxazole rings is 1. The number of nitrogens with zero attached hydrogens (tertiary/aromatic N) is 5. The summed E-state index contributed by atoms with van der Waals surface area (Å²) in [5, 5.41) is 5.39. The molecule has 0 N–H and O–H groups in total. The molecule has 1 saturated heterocycles. The fourth-order valence-electron chi connectivity index (χ4n) is 4.00. The normalized spacial score (nSPS) is 20.2. The third-order valence-corrected chi connectivity index (χ3v) is 6.86. The summed E-state index contributed by atoms with van der Waals surface area (Å²) in [6.07, 6.45) is 4.24. The van der Waals surface area contributed by atoms with Gasteiger partial charge in [-0.25, -0.2) is 9.67 Å². The largest absolute Gasteiger partial charge is 0.440 e. The van der Waals surface area contributed by atoms with Crippen molar-refractivity contribution in [1.29, 1.82) is 0 Å². The van der Waals surface area contributed by atoms with Crippen LogP contribution in [0.2, 0.25) is 0 Å². The Labute approximate surface area is 177 Å². The SMILES string of the molecule is CC(=O)N(c1nn(CN2CCC[C@@H](c3nc4ccccc4o3)C2)c(=S)s1)C1CC1. The van der Waals surface area contributed by atoms with E-state index in [2.05, 4.69) is 10.00 Å². The van der Waals surface area contributed by atoms with Gasteiger partial charge in [-0.15, -0.1) is 5.10 Å². The Kier molecular flexibility index (Phi) is 4.97. The lowest BCUT2D eigenvalue weighted by atomic mass is 9.98. The maximum atomic E-state index is 12.0. The Balaban J connectivity index is 1.31. The highest BCUT2D eigenvalue weighted by Gasteiger charge is 2.34. The maximum Gasteiger partial charge on any atom is 0.225 e. The van der Waals surface area contributed by atoms with Gasteiger partial charge in [0.1, 0.15) is 5.52 Å². The molecule has 7 nitrogen and oxygen atoms in total. The standard InChI is InChI=1S/C20H23N5O2S2/c1-13(26)25(15-8-9-15)19-22-24(20(28)29-19)12-23-10-4-5-14(11-23)18-21-16-6-2-3-7-17(16)27-18/h2-3,6-7,14-15H,4-5,8-12H2,1H3/t14-/m1/s1. The van der Waals surface area contributed by atoms with Gasteiger partial charge in [0.05, 0.1) is 6.67 Å². The number of aromatic nitrogens is 3. The van der Waals surface area contributed by atoms with E-state index in [1.807, 2.05) is 28.9 Å². The van der Waals surface area contributed by atoms with Gasteiger partial charge in [0.25, 0.3) is 0 Å². The summed E-state index contributed by atoms with van der Waals surface area (Å²) in [7, 11) is 0. The molecule has 1 saturated carbocycles. The van der Waals surface area contributed by atoms with Crippen molar-refractivity contribution in [2.24, 2.45) is 0 Å². The minimum Gasteiger partial charge on any atom is -0.440 e. The molecule has 3 heterocycles. The lowest BCUT2D eigenvalue weighted by Gasteiger charge is -2.30. The predicted molar refractivity (Wildman–Crippen MR) is 115 cm³/mol. The number of anilines is 1. The Hall–Kier alpha value is -2.10. The third-order valence-electron chi connectivity index (χ3n) is 5.55. The summed E-state index contributed by atoms with van der Waals surface area (Å²) >= 11 is 6.97. The molecule has 0 unspecified atom stereocenters. The van der Waals surface area contributed by atoms with Crippen molar-refractivity contribution < 1.29 is 9.21 Å². The zero-order valence-corrected chi connectivity index (χ0v) is 17.9. The minimum atomic E-state index is 0.0393. The number of hydrogen-bond donors (Lipinski definition) is 0. The van der Waals surface area contributed by atoms with Gasteiger partial charge in [0, 0.05) is 25.4 Å². The number of rotatable bonds is 5. The molecule has 3 aromatic rings. The molecular formula is C20H23N5O2S2. The highest BCUT2D eigenvalue weighted by molar-refractivity contribution is 7.73. The van der Waals surface area contributed by atoms with E-state index in [1.165, 1.54) is 11.3 Å². The van der Waals surface area contributed by atoms with Crippen molar-refractivity contribution in [2.45, 2.75) is 51.2 Å². The molecule has 1 aliphatic heterocycles. The summed E-state index contributed by atoms with van der Waals surface area (Å²) in [5.41, 5.74) is 1.76. The highest BCUT2D eigenvalue weighted by Crippen LogP contribution is 2.34. The molecule has 1 aliphatic carbocycles. The third kappa shape index (κ3) is 3.86. The van der Waals surface area contributed by atoms with E-state index >= 15 is 0 Å². The second-order valence-electron chi connectivity index (χ2n) is 7.85. The average Bonchev–Trinajstić information content (AvgIpc) is 3.32. The monoisotopic (exact) mass is 429 g/mol. The first-order valence-corrected chi connectivity index (χ1v) is 11.3. The van der Waals surface area contributed by atoms with Gasteiger partial charge < -0.3 is 4.42 Å². The molecule has 1 aromatic carbocycles. The van der Waals surface area contributed by atoms with Gasteiger partial charge in [-0.2, -0.15) is 0 Å². The van der Waals surface area contributed by atoms with E-state index in [0.717, 1.165) is 60.9 Å². The maximum absolute atomic E-state index is 12.0. The smallest absolute Gasteiger partial charge is 0.225 e. The number of fused-ring (bicyclic) bond motifs is 1. The van der Waals surface area contributed by atoms with Crippen LogP contribution in [0.1, 0.15) is 44.4 Å². The zero-order chi connectivity index (χ0) is 20.0. The number of carbonyl (C=O) groups is 1. The van der Waals surface area contributed by atoms with E-state index in [9.17, 15) is 4.79 Å². The van der Waals surface area contributed by atoms with Crippen LogP contribution in [0.5, 0.6) is 0 Å². The molecule has 9 heteroatoms. The number of carbonyl (C=O) groups excluding carboxylic acids is 1. The first-order valence-electron chi connectivity index (χ1n) is 10.0. The van der Waals surface area contributed by atoms with Crippen LogP contribution in [0.4, 0.5) is 5.13 Å². The van der Waals surface area contributed by atoms with Crippen LogP contribution in [0.25, 0.3) is 11.1 Å². The minimum absolute atomic E-state index is 0.0393. The van der Waals surface area contributed by atoms with Crippen molar-refractivity contribution in [3.63, 3.8) is 0 Å². The Morgan fingerprint density at radius 2 is 2.17 bits per heavy atom. The van der Waals surface area contributed by atoms with E-state index < -0.39 is 0 Å².